The molecule has 2 aromatic rings. The van der Waals surface area contributed by atoms with E-state index in [-0.39, 0.29) is 18.7 Å². The van der Waals surface area contributed by atoms with Crippen molar-refractivity contribution in [2.45, 2.75) is 90.4 Å². The van der Waals surface area contributed by atoms with E-state index in [0.717, 1.165) is 59.7 Å². The maximum Gasteiger partial charge on any atom is 0.304 e. The highest BCUT2D eigenvalue weighted by atomic mass is 16.5. The molecule has 6 heteroatoms. The highest BCUT2D eigenvalue weighted by molar-refractivity contribution is 5.91. The number of carboxylic acid groups (broad SMARTS) is 1. The zero-order valence-corrected chi connectivity index (χ0v) is 20.2. The lowest BCUT2D eigenvalue weighted by Gasteiger charge is -2.35. The van der Waals surface area contributed by atoms with Crippen molar-refractivity contribution in [3.8, 4) is 0 Å². The molecule has 1 heterocycles. The maximum absolute atomic E-state index is 12.9. The van der Waals surface area contributed by atoms with Crippen LogP contribution in [0.2, 0.25) is 0 Å². The molecule has 0 aliphatic heterocycles. The molecule has 2 saturated carbocycles. The smallest absolute Gasteiger partial charge is 0.304 e. The highest BCUT2D eigenvalue weighted by Crippen LogP contribution is 2.52. The SMILES string of the molecule is Cc1cc(C)cc(NC(=O)C[C@H](CC(=O)O)c2noc(C3CC(CC(C)C)C3)c2C2CC2)c1. The number of carbonyl (C=O) groups excluding carboxylic acids is 1. The fourth-order valence-electron chi connectivity index (χ4n) is 5.46. The van der Waals surface area contributed by atoms with Gasteiger partial charge in [0.1, 0.15) is 5.76 Å². The molecule has 0 spiro atoms. The number of aliphatic carboxylic acids is 1. The number of nitrogens with zero attached hydrogens (tertiary/aromatic N) is 1. The zero-order valence-electron chi connectivity index (χ0n) is 20.2. The average molecular weight is 453 g/mol. The number of benzene rings is 1. The van der Waals surface area contributed by atoms with E-state index in [0.29, 0.717) is 23.4 Å². The van der Waals surface area contributed by atoms with Crippen LogP contribution in [-0.4, -0.2) is 22.1 Å². The van der Waals surface area contributed by atoms with Crippen LogP contribution in [0.1, 0.15) is 105 Å². The molecule has 1 atom stereocenters. The number of hydrogen-bond acceptors (Lipinski definition) is 4. The van der Waals surface area contributed by atoms with Crippen molar-refractivity contribution in [3.63, 3.8) is 0 Å². The third-order valence-corrected chi connectivity index (χ3v) is 6.93. The molecule has 2 fully saturated rings. The van der Waals surface area contributed by atoms with Gasteiger partial charge in [0, 0.05) is 29.5 Å². The van der Waals surface area contributed by atoms with Gasteiger partial charge in [0.05, 0.1) is 12.1 Å². The molecule has 33 heavy (non-hydrogen) atoms. The summed E-state index contributed by atoms with van der Waals surface area (Å²) in [6.07, 6.45) is 5.57. The molecule has 2 N–H and O–H groups in total. The third-order valence-electron chi connectivity index (χ3n) is 6.93. The first-order chi connectivity index (χ1) is 15.7. The number of nitrogens with one attached hydrogen (secondary N) is 1. The lowest BCUT2D eigenvalue weighted by Crippen LogP contribution is -2.24. The van der Waals surface area contributed by atoms with Gasteiger partial charge in [-0.2, -0.15) is 0 Å². The van der Waals surface area contributed by atoms with E-state index >= 15 is 0 Å². The maximum atomic E-state index is 12.9. The summed E-state index contributed by atoms with van der Waals surface area (Å²) in [4.78, 5) is 24.6. The van der Waals surface area contributed by atoms with Crippen molar-refractivity contribution in [2.75, 3.05) is 5.32 Å². The minimum Gasteiger partial charge on any atom is -0.481 e. The monoisotopic (exact) mass is 452 g/mol. The highest BCUT2D eigenvalue weighted by Gasteiger charge is 2.42. The number of hydrogen-bond donors (Lipinski definition) is 2. The second-order valence-corrected chi connectivity index (χ2v) is 10.7. The van der Waals surface area contributed by atoms with E-state index in [1.165, 1.54) is 6.42 Å². The number of aromatic nitrogens is 1. The number of rotatable bonds is 10. The lowest BCUT2D eigenvalue weighted by atomic mass is 9.69. The second-order valence-electron chi connectivity index (χ2n) is 10.7. The Morgan fingerprint density at radius 3 is 2.33 bits per heavy atom. The molecule has 2 aliphatic carbocycles. The summed E-state index contributed by atoms with van der Waals surface area (Å²) in [7, 11) is 0. The van der Waals surface area contributed by atoms with Crippen molar-refractivity contribution in [2.24, 2.45) is 11.8 Å². The normalized spacial score (nSPS) is 21.0. The molecule has 178 valence electrons. The number of carboxylic acids is 1. The van der Waals surface area contributed by atoms with E-state index in [9.17, 15) is 14.7 Å². The van der Waals surface area contributed by atoms with Crippen LogP contribution in [0.5, 0.6) is 0 Å². The summed E-state index contributed by atoms with van der Waals surface area (Å²) < 4.78 is 5.87. The molecule has 1 aromatic heterocycles. The van der Waals surface area contributed by atoms with Gasteiger partial charge in [-0.25, -0.2) is 0 Å². The quantitative estimate of drug-likeness (QED) is 0.441. The van der Waals surface area contributed by atoms with Crippen molar-refractivity contribution < 1.29 is 19.2 Å². The van der Waals surface area contributed by atoms with Gasteiger partial charge in [0.2, 0.25) is 5.91 Å². The largest absolute Gasteiger partial charge is 0.481 e. The summed E-state index contributed by atoms with van der Waals surface area (Å²) in [5.74, 6) is 1.54. The molecule has 1 amide bonds. The molecule has 6 nitrogen and oxygen atoms in total. The Morgan fingerprint density at radius 1 is 1.09 bits per heavy atom. The van der Waals surface area contributed by atoms with Gasteiger partial charge in [-0.05, 0) is 87.0 Å². The molecule has 4 rings (SSSR count). The van der Waals surface area contributed by atoms with Gasteiger partial charge < -0.3 is 14.9 Å². The summed E-state index contributed by atoms with van der Waals surface area (Å²) in [6.45, 7) is 8.49. The molecule has 0 radical (unpaired) electrons. The van der Waals surface area contributed by atoms with E-state index < -0.39 is 11.9 Å². The van der Waals surface area contributed by atoms with Crippen LogP contribution in [-0.2, 0) is 9.59 Å². The first-order valence-electron chi connectivity index (χ1n) is 12.3. The molecular formula is C27H36N2O4. The van der Waals surface area contributed by atoms with E-state index in [4.69, 9.17) is 4.52 Å². The van der Waals surface area contributed by atoms with Gasteiger partial charge in [0.15, 0.2) is 0 Å². The Labute approximate surface area is 196 Å². The van der Waals surface area contributed by atoms with Crippen molar-refractivity contribution in [1.29, 1.82) is 0 Å². The summed E-state index contributed by atoms with van der Waals surface area (Å²) in [5, 5.41) is 16.9. The van der Waals surface area contributed by atoms with Crippen molar-refractivity contribution in [3.05, 3.63) is 46.3 Å². The first kappa shape index (κ1) is 23.5. The predicted octanol–water partition coefficient (Wildman–Crippen LogP) is 6.30. The Kier molecular flexibility index (Phi) is 6.91. The number of amides is 1. The van der Waals surface area contributed by atoms with E-state index in [1.807, 2.05) is 32.0 Å². The number of aryl methyl sites for hydroxylation is 2. The molecule has 1 aromatic carbocycles. The summed E-state index contributed by atoms with van der Waals surface area (Å²) >= 11 is 0. The minimum atomic E-state index is -0.925. The summed E-state index contributed by atoms with van der Waals surface area (Å²) in [5.41, 5.74) is 4.67. The summed E-state index contributed by atoms with van der Waals surface area (Å²) in [6, 6.07) is 5.89. The molecule has 2 aliphatic rings. The van der Waals surface area contributed by atoms with Crippen LogP contribution in [0, 0.1) is 25.7 Å². The van der Waals surface area contributed by atoms with Crippen LogP contribution in [0.15, 0.2) is 22.7 Å². The topological polar surface area (TPSA) is 92.4 Å². The van der Waals surface area contributed by atoms with Gasteiger partial charge in [-0.1, -0.05) is 25.1 Å². The fraction of sp³-hybridized carbons (Fsp3) is 0.593. The van der Waals surface area contributed by atoms with E-state index in [1.54, 1.807) is 0 Å². The van der Waals surface area contributed by atoms with Crippen molar-refractivity contribution in [1.82, 2.24) is 5.16 Å². The molecule has 0 saturated heterocycles. The fourth-order valence-corrected chi connectivity index (χ4v) is 5.46. The van der Waals surface area contributed by atoms with Crippen LogP contribution in [0.4, 0.5) is 5.69 Å². The molecular weight excluding hydrogens is 416 g/mol. The van der Waals surface area contributed by atoms with Crippen LogP contribution in [0.3, 0.4) is 0 Å². The standard InChI is InChI=1S/C27H36N2O4/c1-15(2)7-18-11-21(12-18)27-25(19-5-6-19)26(29-33-27)20(14-24(31)32)13-23(30)28-22-9-16(3)8-17(4)10-22/h8-10,15,18-21H,5-7,11-14H2,1-4H3,(H,28,30)(H,31,32)/t18?,20-,21?/m1/s1. The van der Waals surface area contributed by atoms with Gasteiger partial charge in [-0.3, -0.25) is 9.59 Å². The molecule has 0 bridgehead atoms. The Morgan fingerprint density at radius 2 is 1.76 bits per heavy atom. The van der Waals surface area contributed by atoms with Crippen LogP contribution >= 0.6 is 0 Å². The zero-order chi connectivity index (χ0) is 23.7. The third kappa shape index (κ3) is 5.84. The first-order valence-corrected chi connectivity index (χ1v) is 12.3. The predicted molar refractivity (Wildman–Crippen MR) is 128 cm³/mol. The Bertz CT molecular complexity index is 995. The van der Waals surface area contributed by atoms with E-state index in [2.05, 4.69) is 24.3 Å². The number of anilines is 1. The van der Waals surface area contributed by atoms with Gasteiger partial charge in [-0.15, -0.1) is 0 Å². The van der Waals surface area contributed by atoms with Gasteiger partial charge >= 0.3 is 5.97 Å². The lowest BCUT2D eigenvalue weighted by molar-refractivity contribution is -0.137. The van der Waals surface area contributed by atoms with Crippen molar-refractivity contribution >= 4 is 17.6 Å². The van der Waals surface area contributed by atoms with Crippen LogP contribution < -0.4 is 5.32 Å². The van der Waals surface area contributed by atoms with Gasteiger partial charge in [0.25, 0.3) is 0 Å². The minimum absolute atomic E-state index is 0.0750. The Balaban J connectivity index is 1.51. The number of carbonyl (C=O) groups is 2. The average Bonchev–Trinajstić information content (AvgIpc) is 3.41. The van der Waals surface area contributed by atoms with Crippen LogP contribution in [0.25, 0.3) is 0 Å². The molecule has 0 unspecified atom stereocenters. The second kappa shape index (κ2) is 9.70. The Hall–Kier alpha value is -2.63.